The van der Waals surface area contributed by atoms with Gasteiger partial charge in [-0.05, 0) is 32.8 Å². The molecule has 0 aliphatic rings. The second kappa shape index (κ2) is 8.50. The van der Waals surface area contributed by atoms with E-state index in [0.717, 1.165) is 0 Å². The number of benzene rings is 1. The van der Waals surface area contributed by atoms with Gasteiger partial charge in [0.15, 0.2) is 0 Å². The third kappa shape index (κ3) is 7.18. The smallest absolute Gasteiger partial charge is 0.407 e. The summed E-state index contributed by atoms with van der Waals surface area (Å²) in [7, 11) is 0. The van der Waals surface area contributed by atoms with E-state index >= 15 is 0 Å². The van der Waals surface area contributed by atoms with E-state index in [1.807, 2.05) is 34.6 Å². The molecule has 0 heterocycles. The quantitative estimate of drug-likeness (QED) is 0.816. The van der Waals surface area contributed by atoms with Crippen LogP contribution in [0.1, 0.15) is 40.2 Å². The molecule has 0 spiro atoms. The highest BCUT2D eigenvalue weighted by Crippen LogP contribution is 2.17. The van der Waals surface area contributed by atoms with Crippen LogP contribution in [0.2, 0.25) is 5.02 Å². The van der Waals surface area contributed by atoms with E-state index in [2.05, 4.69) is 10.6 Å². The fourth-order valence-corrected chi connectivity index (χ4v) is 2.15. The minimum absolute atomic E-state index is 0.108. The summed E-state index contributed by atoms with van der Waals surface area (Å²) in [6, 6.07) is 4.79. The van der Waals surface area contributed by atoms with Gasteiger partial charge < -0.3 is 15.4 Å². The Morgan fingerprint density at radius 1 is 1.35 bits per heavy atom. The Labute approximate surface area is 142 Å². The van der Waals surface area contributed by atoms with E-state index in [0.29, 0.717) is 18.7 Å². The number of hydrogen-bond donors (Lipinski definition) is 2. The lowest BCUT2D eigenvalue weighted by Crippen LogP contribution is -2.47. The number of hydrogen-bond acceptors (Lipinski definition) is 3. The molecule has 1 rings (SSSR count). The van der Waals surface area contributed by atoms with Crippen LogP contribution < -0.4 is 10.6 Å². The van der Waals surface area contributed by atoms with Crippen molar-refractivity contribution in [3.8, 4) is 0 Å². The molecule has 130 valence electrons. The molecule has 1 unspecified atom stereocenters. The van der Waals surface area contributed by atoms with Crippen molar-refractivity contribution >= 4 is 17.7 Å². The summed E-state index contributed by atoms with van der Waals surface area (Å²) in [5.74, 6) is -0.206. The van der Waals surface area contributed by atoms with Crippen LogP contribution in [0.25, 0.3) is 0 Å². The summed E-state index contributed by atoms with van der Waals surface area (Å²) in [6.45, 7) is 10.3. The molecule has 6 heteroatoms. The molecule has 0 saturated heterocycles. The maximum Gasteiger partial charge on any atom is 0.407 e. The Bertz CT molecular complexity index is 530. The van der Waals surface area contributed by atoms with Crippen LogP contribution in [-0.4, -0.2) is 24.3 Å². The molecule has 1 aromatic carbocycles. The zero-order valence-electron chi connectivity index (χ0n) is 14.4. The topological polar surface area (TPSA) is 50.4 Å². The predicted molar refractivity (Wildman–Crippen MR) is 91.1 cm³/mol. The van der Waals surface area contributed by atoms with Crippen LogP contribution in [0.4, 0.5) is 9.18 Å². The zero-order valence-corrected chi connectivity index (χ0v) is 15.1. The highest BCUT2D eigenvalue weighted by Gasteiger charge is 2.21. The molecule has 1 amide bonds. The number of carbonyl (C=O) groups is 1. The second-order valence-corrected chi connectivity index (χ2v) is 7.25. The maximum absolute atomic E-state index is 13.8. The average molecular weight is 345 g/mol. The summed E-state index contributed by atoms with van der Waals surface area (Å²) in [5.41, 5.74) is -0.0413. The summed E-state index contributed by atoms with van der Waals surface area (Å²) in [6.07, 6.45) is -0.452. The van der Waals surface area contributed by atoms with Crippen LogP contribution in [0.3, 0.4) is 0 Å². The lowest BCUT2D eigenvalue weighted by atomic mass is 10.0. The molecular weight excluding hydrogens is 319 g/mol. The van der Waals surface area contributed by atoms with Crippen LogP contribution in [0.15, 0.2) is 18.2 Å². The molecule has 0 aromatic heterocycles. The van der Waals surface area contributed by atoms with Gasteiger partial charge in [0.1, 0.15) is 11.4 Å². The number of rotatable bonds is 6. The Hall–Kier alpha value is -1.33. The van der Waals surface area contributed by atoms with Gasteiger partial charge in [0, 0.05) is 24.7 Å². The number of alkyl carbamates (subject to hydrolysis) is 1. The fraction of sp³-hybridized carbons (Fsp3) is 0.588. The van der Waals surface area contributed by atoms with Gasteiger partial charge in [0.05, 0.1) is 5.02 Å². The van der Waals surface area contributed by atoms with E-state index in [1.54, 1.807) is 12.1 Å². The molecule has 2 N–H and O–H groups in total. The summed E-state index contributed by atoms with van der Waals surface area (Å²) >= 11 is 5.76. The second-order valence-electron chi connectivity index (χ2n) is 6.84. The van der Waals surface area contributed by atoms with Crippen LogP contribution in [0.5, 0.6) is 0 Å². The number of amides is 1. The summed E-state index contributed by atoms with van der Waals surface area (Å²) < 4.78 is 19.1. The first-order valence-electron chi connectivity index (χ1n) is 7.73. The molecule has 0 fully saturated rings. The van der Waals surface area contributed by atoms with E-state index in [4.69, 9.17) is 16.3 Å². The van der Waals surface area contributed by atoms with Gasteiger partial charge >= 0.3 is 6.09 Å². The lowest BCUT2D eigenvalue weighted by molar-refractivity contribution is 0.0490. The highest BCUT2D eigenvalue weighted by atomic mass is 35.5. The Morgan fingerprint density at radius 2 is 2.00 bits per heavy atom. The summed E-state index contributed by atoms with van der Waals surface area (Å²) in [4.78, 5) is 11.9. The van der Waals surface area contributed by atoms with Crippen molar-refractivity contribution in [3.05, 3.63) is 34.6 Å². The molecule has 4 nitrogen and oxygen atoms in total. The van der Waals surface area contributed by atoms with Crippen LogP contribution >= 0.6 is 11.6 Å². The van der Waals surface area contributed by atoms with Gasteiger partial charge in [-0.3, -0.25) is 0 Å². The molecule has 0 aliphatic carbocycles. The van der Waals surface area contributed by atoms with Crippen molar-refractivity contribution in [2.24, 2.45) is 5.92 Å². The van der Waals surface area contributed by atoms with E-state index in [1.165, 1.54) is 6.07 Å². The normalized spacial score (nSPS) is 13.0. The Balaban J connectivity index is 2.54. The van der Waals surface area contributed by atoms with Crippen molar-refractivity contribution in [1.29, 1.82) is 0 Å². The van der Waals surface area contributed by atoms with E-state index < -0.39 is 17.5 Å². The first-order valence-corrected chi connectivity index (χ1v) is 8.11. The predicted octanol–water partition coefficient (Wildman–Crippen LogP) is 4.12. The lowest BCUT2D eigenvalue weighted by Gasteiger charge is -2.26. The highest BCUT2D eigenvalue weighted by molar-refractivity contribution is 6.30. The van der Waals surface area contributed by atoms with Crippen molar-refractivity contribution in [2.45, 2.75) is 52.8 Å². The third-order valence-corrected chi connectivity index (χ3v) is 3.51. The molecule has 0 radical (unpaired) electrons. The average Bonchev–Trinajstić information content (AvgIpc) is 2.40. The number of halogens is 2. The van der Waals surface area contributed by atoms with Crippen molar-refractivity contribution < 1.29 is 13.9 Å². The molecule has 0 bridgehead atoms. The van der Waals surface area contributed by atoms with E-state index in [9.17, 15) is 9.18 Å². The van der Waals surface area contributed by atoms with Crippen LogP contribution in [0, 0.1) is 11.7 Å². The van der Waals surface area contributed by atoms with Gasteiger partial charge in [-0.15, -0.1) is 0 Å². The van der Waals surface area contributed by atoms with Gasteiger partial charge in [-0.25, -0.2) is 9.18 Å². The Kier molecular flexibility index (Phi) is 7.29. The monoisotopic (exact) mass is 344 g/mol. The van der Waals surface area contributed by atoms with Crippen molar-refractivity contribution in [3.63, 3.8) is 0 Å². The number of ether oxygens (including phenoxy) is 1. The minimum Gasteiger partial charge on any atom is -0.444 e. The standard InChI is InChI=1S/C17H26ClFN2O2/c1-11(2)14(21-16(22)23-17(3,4)5)10-20-9-12-7-6-8-13(18)15(12)19/h6-8,11,14,20H,9-10H2,1-5H3,(H,21,22). The van der Waals surface area contributed by atoms with Gasteiger partial charge in [-0.1, -0.05) is 37.6 Å². The molecule has 1 aromatic rings. The number of nitrogens with one attached hydrogen (secondary N) is 2. The first kappa shape index (κ1) is 19.7. The third-order valence-electron chi connectivity index (χ3n) is 3.22. The minimum atomic E-state index is -0.539. The van der Waals surface area contributed by atoms with Crippen molar-refractivity contribution in [1.82, 2.24) is 10.6 Å². The van der Waals surface area contributed by atoms with Gasteiger partial charge in [-0.2, -0.15) is 0 Å². The first-order chi connectivity index (χ1) is 10.6. The largest absolute Gasteiger partial charge is 0.444 e. The van der Waals surface area contributed by atoms with E-state index in [-0.39, 0.29) is 17.0 Å². The molecule has 23 heavy (non-hydrogen) atoms. The van der Waals surface area contributed by atoms with Gasteiger partial charge in [0.2, 0.25) is 0 Å². The molecular formula is C17H26ClFN2O2. The number of carbonyl (C=O) groups excluding carboxylic acids is 1. The summed E-state index contributed by atoms with van der Waals surface area (Å²) in [5, 5.41) is 6.10. The van der Waals surface area contributed by atoms with Crippen molar-refractivity contribution in [2.75, 3.05) is 6.54 Å². The Morgan fingerprint density at radius 3 is 2.57 bits per heavy atom. The molecule has 1 atom stereocenters. The maximum atomic E-state index is 13.8. The zero-order chi connectivity index (χ0) is 17.6. The van der Waals surface area contributed by atoms with Gasteiger partial charge in [0.25, 0.3) is 0 Å². The molecule has 0 aliphatic heterocycles. The molecule has 0 saturated carbocycles. The SMILES string of the molecule is CC(C)C(CNCc1cccc(Cl)c1F)NC(=O)OC(C)(C)C. The van der Waals surface area contributed by atoms with Crippen LogP contribution in [-0.2, 0) is 11.3 Å². The fourth-order valence-electron chi connectivity index (χ4n) is 1.96.